The summed E-state index contributed by atoms with van der Waals surface area (Å²) in [5, 5.41) is 1.04. The summed E-state index contributed by atoms with van der Waals surface area (Å²) >= 11 is 0. The molecule has 2 aromatic carbocycles. The van der Waals surface area contributed by atoms with E-state index in [0.29, 0.717) is 11.3 Å². The molecule has 6 nitrogen and oxygen atoms in total. The summed E-state index contributed by atoms with van der Waals surface area (Å²) in [6.45, 7) is 4.65. The van der Waals surface area contributed by atoms with Gasteiger partial charge < -0.3 is 14.8 Å². The lowest BCUT2D eigenvalue weighted by atomic mass is 9.88. The molecule has 6 rings (SSSR count). The van der Waals surface area contributed by atoms with Gasteiger partial charge in [0, 0.05) is 47.4 Å². The lowest BCUT2D eigenvalue weighted by Crippen LogP contribution is -2.42. The van der Waals surface area contributed by atoms with E-state index < -0.39 is 0 Å². The fraction of sp³-hybridized carbons (Fsp3) is 0.364. The van der Waals surface area contributed by atoms with Crippen LogP contribution in [0.3, 0.4) is 0 Å². The lowest BCUT2D eigenvalue weighted by Gasteiger charge is -2.34. The fourth-order valence-corrected chi connectivity index (χ4v) is 6.47. The number of amides is 1. The van der Waals surface area contributed by atoms with Crippen molar-refractivity contribution in [2.45, 2.75) is 51.1 Å². The number of fused-ring (bicyclic) bond motifs is 1. The third-order valence-electron chi connectivity index (χ3n) is 8.68. The number of ketones is 1. The first-order valence-electron chi connectivity index (χ1n) is 14.3. The molecule has 7 heteroatoms. The first-order valence-corrected chi connectivity index (χ1v) is 14.3. The third kappa shape index (κ3) is 5.43. The zero-order chi connectivity index (χ0) is 27.6. The summed E-state index contributed by atoms with van der Waals surface area (Å²) in [7, 11) is 0. The molecule has 2 aliphatic rings. The number of Topliss-reactive ketones (excluding diaryl/α,β-unsaturated/α-hetero) is 1. The number of halogens is 1. The van der Waals surface area contributed by atoms with Crippen LogP contribution in [0.4, 0.5) is 4.39 Å². The van der Waals surface area contributed by atoms with Crippen LogP contribution < -0.4 is 0 Å². The summed E-state index contributed by atoms with van der Waals surface area (Å²) in [6.07, 6.45) is 8.00. The molecule has 2 aliphatic heterocycles. The molecule has 0 bridgehead atoms. The number of H-pyrrole nitrogens is 1. The highest BCUT2D eigenvalue weighted by Crippen LogP contribution is 2.39. The summed E-state index contributed by atoms with van der Waals surface area (Å²) < 4.78 is 13.3. The Morgan fingerprint density at radius 3 is 2.55 bits per heavy atom. The van der Waals surface area contributed by atoms with E-state index in [4.69, 9.17) is 0 Å². The minimum Gasteiger partial charge on any atom is -0.351 e. The molecule has 2 fully saturated rings. The van der Waals surface area contributed by atoms with Crippen molar-refractivity contribution in [2.75, 3.05) is 19.6 Å². The Bertz CT molecular complexity index is 1490. The number of likely N-dealkylation sites (tertiary alicyclic amines) is 2. The summed E-state index contributed by atoms with van der Waals surface area (Å²) in [5.41, 5.74) is 4.43. The molecule has 0 spiro atoms. The average molecular weight is 539 g/mol. The summed E-state index contributed by atoms with van der Waals surface area (Å²) in [6, 6.07) is 18.2. The van der Waals surface area contributed by atoms with Gasteiger partial charge in [-0.05, 0) is 106 Å². The molecule has 2 saturated heterocycles. The second-order valence-corrected chi connectivity index (χ2v) is 11.3. The maximum absolute atomic E-state index is 14.0. The number of pyridine rings is 1. The van der Waals surface area contributed by atoms with Crippen molar-refractivity contribution in [1.29, 1.82) is 0 Å². The van der Waals surface area contributed by atoms with E-state index in [1.165, 1.54) is 12.1 Å². The Hall–Kier alpha value is -3.84. The van der Waals surface area contributed by atoms with Crippen molar-refractivity contribution in [3.8, 4) is 0 Å². The molecule has 206 valence electrons. The van der Waals surface area contributed by atoms with Gasteiger partial charge in [-0.25, -0.2) is 4.39 Å². The van der Waals surface area contributed by atoms with Crippen LogP contribution in [-0.4, -0.2) is 57.1 Å². The van der Waals surface area contributed by atoms with Crippen molar-refractivity contribution < 1.29 is 14.0 Å². The third-order valence-corrected chi connectivity index (χ3v) is 8.68. The van der Waals surface area contributed by atoms with Gasteiger partial charge in [-0.1, -0.05) is 18.2 Å². The minimum absolute atomic E-state index is 0.00147. The number of piperidine rings is 1. The van der Waals surface area contributed by atoms with E-state index in [2.05, 4.69) is 51.0 Å². The van der Waals surface area contributed by atoms with Crippen LogP contribution in [0.2, 0.25) is 0 Å². The number of carbonyl (C=O) groups excluding carboxylic acids is 2. The van der Waals surface area contributed by atoms with Gasteiger partial charge in [-0.3, -0.25) is 14.6 Å². The number of aryl methyl sites for hydroxylation is 1. The van der Waals surface area contributed by atoms with Crippen LogP contribution >= 0.6 is 0 Å². The van der Waals surface area contributed by atoms with E-state index in [1.807, 2.05) is 18.3 Å². The van der Waals surface area contributed by atoms with E-state index in [1.54, 1.807) is 18.3 Å². The first kappa shape index (κ1) is 26.4. The van der Waals surface area contributed by atoms with Crippen molar-refractivity contribution in [1.82, 2.24) is 19.8 Å². The van der Waals surface area contributed by atoms with Crippen LogP contribution in [0.5, 0.6) is 0 Å². The molecular weight excluding hydrogens is 503 g/mol. The normalized spacial score (nSPS) is 20.3. The second kappa shape index (κ2) is 11.3. The van der Waals surface area contributed by atoms with Crippen LogP contribution in [0, 0.1) is 18.7 Å². The highest BCUT2D eigenvalue weighted by atomic mass is 19.1. The number of hydrogen-bond donors (Lipinski definition) is 1. The molecule has 1 N–H and O–H groups in total. The summed E-state index contributed by atoms with van der Waals surface area (Å²) in [5.74, 6) is -0.197. The molecule has 1 amide bonds. The van der Waals surface area contributed by atoms with Crippen molar-refractivity contribution in [2.24, 2.45) is 5.92 Å². The topological polar surface area (TPSA) is 69.3 Å². The highest BCUT2D eigenvalue weighted by molar-refractivity contribution is 5.99. The van der Waals surface area contributed by atoms with Crippen LogP contribution in [0.25, 0.3) is 10.9 Å². The number of nitrogens with zero attached hydrogens (tertiary/aromatic N) is 3. The van der Waals surface area contributed by atoms with Gasteiger partial charge in [0.15, 0.2) is 5.78 Å². The molecular formula is C33H35FN4O2. The van der Waals surface area contributed by atoms with Gasteiger partial charge in [0.1, 0.15) is 11.5 Å². The Morgan fingerprint density at radius 1 is 1.00 bits per heavy atom. The highest BCUT2D eigenvalue weighted by Gasteiger charge is 2.39. The van der Waals surface area contributed by atoms with E-state index in [-0.39, 0.29) is 35.5 Å². The molecule has 0 saturated carbocycles. The lowest BCUT2D eigenvalue weighted by molar-refractivity contribution is 0.0628. The second-order valence-electron chi connectivity index (χ2n) is 11.3. The zero-order valence-electron chi connectivity index (χ0n) is 22.9. The molecule has 4 aromatic rings. The monoisotopic (exact) mass is 538 g/mol. The van der Waals surface area contributed by atoms with E-state index >= 15 is 0 Å². The van der Waals surface area contributed by atoms with E-state index in [0.717, 1.165) is 73.8 Å². The van der Waals surface area contributed by atoms with E-state index in [9.17, 15) is 14.0 Å². The average Bonchev–Trinajstić information content (AvgIpc) is 3.61. The number of aromatic nitrogens is 2. The fourth-order valence-electron chi connectivity index (χ4n) is 6.47. The Morgan fingerprint density at radius 2 is 1.80 bits per heavy atom. The number of benzene rings is 2. The van der Waals surface area contributed by atoms with Gasteiger partial charge in [-0.2, -0.15) is 0 Å². The largest absolute Gasteiger partial charge is 0.351 e. The maximum atomic E-state index is 14.0. The van der Waals surface area contributed by atoms with Crippen molar-refractivity contribution in [3.63, 3.8) is 0 Å². The molecule has 2 aromatic heterocycles. The number of hydrogen-bond acceptors (Lipinski definition) is 4. The van der Waals surface area contributed by atoms with Gasteiger partial charge in [0.25, 0.3) is 5.91 Å². The molecule has 0 radical (unpaired) electrons. The smallest absolute Gasteiger partial charge is 0.271 e. The number of rotatable bonds is 7. The Labute approximate surface area is 234 Å². The molecule has 0 aliphatic carbocycles. The number of carbonyl (C=O) groups is 2. The zero-order valence-corrected chi connectivity index (χ0v) is 22.9. The van der Waals surface area contributed by atoms with Gasteiger partial charge in [0.2, 0.25) is 0 Å². The molecule has 0 unspecified atom stereocenters. The SMILES string of the molecule is Cc1ccc2cc(C(=O)N3[C@H](CCN4CCC(C(=O)c5ccc(F)cc5)CC4)CC[C@@H]3c3cccnc3)[nH]c2c1. The van der Waals surface area contributed by atoms with Gasteiger partial charge in [0.05, 0.1) is 6.04 Å². The molecule has 4 heterocycles. The quantitative estimate of drug-likeness (QED) is 0.279. The van der Waals surface area contributed by atoms with Gasteiger partial charge >= 0.3 is 0 Å². The van der Waals surface area contributed by atoms with Crippen LogP contribution in [-0.2, 0) is 0 Å². The number of aromatic amines is 1. The van der Waals surface area contributed by atoms with Crippen LogP contribution in [0.15, 0.2) is 73.1 Å². The summed E-state index contributed by atoms with van der Waals surface area (Å²) in [4.78, 5) is 39.1. The predicted molar refractivity (Wildman–Crippen MR) is 154 cm³/mol. The van der Waals surface area contributed by atoms with Crippen molar-refractivity contribution >= 4 is 22.6 Å². The number of nitrogens with one attached hydrogen (secondary N) is 1. The Kier molecular flexibility index (Phi) is 7.48. The minimum atomic E-state index is -0.323. The molecule has 40 heavy (non-hydrogen) atoms. The standard InChI is InChI=1S/C33H35FN4O2/c1-22-4-5-25-20-30(36-29(25)19-22)33(40)38-28(10-11-31(38)26-3-2-15-35-21-26)14-18-37-16-12-24(13-17-37)32(39)23-6-8-27(34)9-7-23/h2-9,15,19-21,24,28,31,36H,10-14,16-18H2,1H3/t28-,31+/m0/s1. The first-order chi connectivity index (χ1) is 19.5. The van der Waals surface area contributed by atoms with Crippen molar-refractivity contribution in [3.05, 3.63) is 101 Å². The van der Waals surface area contributed by atoms with Gasteiger partial charge in [-0.15, -0.1) is 0 Å². The molecule has 2 atom stereocenters. The Balaban J connectivity index is 1.13. The maximum Gasteiger partial charge on any atom is 0.271 e. The predicted octanol–water partition coefficient (Wildman–Crippen LogP) is 6.34. The van der Waals surface area contributed by atoms with Crippen LogP contribution in [0.1, 0.15) is 70.1 Å².